The van der Waals surface area contributed by atoms with E-state index in [1.54, 1.807) is 0 Å². The number of H-pyrrole nitrogens is 1. The third kappa shape index (κ3) is 1.48. The van der Waals surface area contributed by atoms with Crippen LogP contribution in [0.1, 0.15) is 0 Å². The van der Waals surface area contributed by atoms with Crippen molar-refractivity contribution < 1.29 is 8.91 Å². The third-order valence-corrected chi connectivity index (χ3v) is 1.54. The average Bonchev–Trinajstić information content (AvgIpc) is 2.52. The molecule has 0 aromatic carbocycles. The van der Waals surface area contributed by atoms with Crippen LogP contribution in [0.3, 0.4) is 0 Å². The lowest BCUT2D eigenvalue weighted by Crippen LogP contribution is -1.86. The van der Waals surface area contributed by atoms with Gasteiger partial charge in [0.1, 0.15) is 5.82 Å². The second kappa shape index (κ2) is 2.85. The molecule has 0 amide bonds. The summed E-state index contributed by atoms with van der Waals surface area (Å²) in [6.07, 6.45) is 2.52. The highest BCUT2D eigenvalue weighted by molar-refractivity contribution is 5.56. The van der Waals surface area contributed by atoms with Gasteiger partial charge in [0.25, 0.3) is 0 Å². The Morgan fingerprint density at radius 2 is 2.23 bits per heavy atom. The van der Waals surface area contributed by atoms with Crippen LogP contribution in [0.2, 0.25) is 0 Å². The normalized spacial score (nSPS) is 10.2. The summed E-state index contributed by atoms with van der Waals surface area (Å²) in [6.45, 7) is 0. The lowest BCUT2D eigenvalue weighted by atomic mass is 10.2. The number of pyridine rings is 1. The molecule has 0 bridgehead atoms. The Bertz CT molecular complexity index is 475. The van der Waals surface area contributed by atoms with E-state index < -0.39 is 11.4 Å². The Morgan fingerprint density at radius 1 is 1.38 bits per heavy atom. The van der Waals surface area contributed by atoms with E-state index in [4.69, 9.17) is 0 Å². The number of nitrogens with zero attached hydrogens (tertiary/aromatic N) is 1. The van der Waals surface area contributed by atoms with Gasteiger partial charge >= 0.3 is 5.63 Å². The minimum Gasteiger partial charge on any atom is -0.339 e. The first kappa shape index (κ1) is 7.72. The molecule has 0 saturated heterocycles. The van der Waals surface area contributed by atoms with E-state index in [0.29, 0.717) is 11.3 Å². The van der Waals surface area contributed by atoms with Crippen LogP contribution in [0.25, 0.3) is 11.3 Å². The Hall–Kier alpha value is -1.91. The van der Waals surface area contributed by atoms with Crippen LogP contribution in [-0.4, -0.2) is 10.1 Å². The SMILES string of the molecule is O=c1cc(-c2cncc(F)c2)[nH]o1. The summed E-state index contributed by atoms with van der Waals surface area (Å²) in [6, 6.07) is 2.49. The van der Waals surface area contributed by atoms with Crippen LogP contribution < -0.4 is 5.63 Å². The smallest absolute Gasteiger partial charge is 0.339 e. The van der Waals surface area contributed by atoms with Crippen molar-refractivity contribution in [1.82, 2.24) is 10.1 Å². The van der Waals surface area contributed by atoms with Crippen LogP contribution in [0.4, 0.5) is 4.39 Å². The molecule has 0 unspecified atom stereocenters. The van der Waals surface area contributed by atoms with E-state index in [9.17, 15) is 9.18 Å². The topological polar surface area (TPSA) is 58.9 Å². The maximum atomic E-state index is 12.7. The van der Waals surface area contributed by atoms with Crippen molar-refractivity contribution in [2.45, 2.75) is 0 Å². The van der Waals surface area contributed by atoms with E-state index in [0.717, 1.165) is 6.20 Å². The van der Waals surface area contributed by atoms with Gasteiger partial charge < -0.3 is 4.52 Å². The second-order valence-corrected chi connectivity index (χ2v) is 2.47. The molecule has 4 nitrogen and oxygen atoms in total. The van der Waals surface area contributed by atoms with E-state index in [-0.39, 0.29) is 0 Å². The summed E-state index contributed by atoms with van der Waals surface area (Å²) in [5, 5.41) is 2.35. The lowest BCUT2D eigenvalue weighted by molar-refractivity contribution is 0.394. The van der Waals surface area contributed by atoms with Crippen LogP contribution in [-0.2, 0) is 0 Å². The molecule has 0 aliphatic carbocycles. The molecule has 66 valence electrons. The highest BCUT2D eigenvalue weighted by Gasteiger charge is 2.02. The highest BCUT2D eigenvalue weighted by atomic mass is 19.1. The van der Waals surface area contributed by atoms with Gasteiger partial charge in [-0.2, -0.15) is 0 Å². The standard InChI is InChI=1S/C8H5FN2O2/c9-6-1-5(3-10-4-6)7-2-8(12)13-11-7/h1-4,11H. The first-order valence-electron chi connectivity index (χ1n) is 3.55. The Morgan fingerprint density at radius 3 is 2.85 bits per heavy atom. The second-order valence-electron chi connectivity index (χ2n) is 2.47. The van der Waals surface area contributed by atoms with Gasteiger partial charge in [0.15, 0.2) is 0 Å². The van der Waals surface area contributed by atoms with Crippen molar-refractivity contribution in [3.05, 3.63) is 40.8 Å². The number of aromatic amines is 1. The summed E-state index contributed by atoms with van der Waals surface area (Å²) in [7, 11) is 0. The minimum absolute atomic E-state index is 0.414. The minimum atomic E-state index is -0.501. The molecule has 0 aliphatic rings. The van der Waals surface area contributed by atoms with Crippen molar-refractivity contribution in [3.8, 4) is 11.3 Å². The molecule has 0 spiro atoms. The average molecular weight is 180 g/mol. The van der Waals surface area contributed by atoms with Crippen molar-refractivity contribution in [3.63, 3.8) is 0 Å². The van der Waals surface area contributed by atoms with Gasteiger partial charge in [-0.15, -0.1) is 0 Å². The monoisotopic (exact) mass is 180 g/mol. The number of rotatable bonds is 1. The van der Waals surface area contributed by atoms with Gasteiger partial charge in [-0.3, -0.25) is 4.98 Å². The first-order valence-corrected chi connectivity index (χ1v) is 3.55. The van der Waals surface area contributed by atoms with Crippen molar-refractivity contribution >= 4 is 0 Å². The number of hydrogen-bond donors (Lipinski definition) is 1. The van der Waals surface area contributed by atoms with Crippen LogP contribution in [0.5, 0.6) is 0 Å². The molecular weight excluding hydrogens is 175 g/mol. The fourth-order valence-electron chi connectivity index (χ4n) is 0.983. The Labute approximate surface area is 72.0 Å². The quantitative estimate of drug-likeness (QED) is 0.716. The Kier molecular flexibility index (Phi) is 1.70. The van der Waals surface area contributed by atoms with Gasteiger partial charge in [0.2, 0.25) is 0 Å². The van der Waals surface area contributed by atoms with Crippen molar-refractivity contribution in [2.75, 3.05) is 0 Å². The predicted octanol–water partition coefficient (Wildman–Crippen LogP) is 1.17. The van der Waals surface area contributed by atoms with Gasteiger partial charge in [-0.1, -0.05) is 0 Å². The molecule has 2 heterocycles. The fraction of sp³-hybridized carbons (Fsp3) is 0. The Balaban J connectivity index is 2.52. The summed E-state index contributed by atoms with van der Waals surface area (Å²) >= 11 is 0. The number of aromatic nitrogens is 2. The fourth-order valence-corrected chi connectivity index (χ4v) is 0.983. The van der Waals surface area contributed by atoms with Crippen LogP contribution in [0.15, 0.2) is 33.8 Å². The van der Waals surface area contributed by atoms with Crippen molar-refractivity contribution in [1.29, 1.82) is 0 Å². The first-order chi connectivity index (χ1) is 6.25. The zero-order chi connectivity index (χ0) is 9.26. The lowest BCUT2D eigenvalue weighted by Gasteiger charge is -1.93. The predicted molar refractivity (Wildman–Crippen MR) is 42.5 cm³/mol. The number of hydrogen-bond acceptors (Lipinski definition) is 3. The molecule has 1 N–H and O–H groups in total. The molecule has 0 aliphatic heterocycles. The van der Waals surface area contributed by atoms with E-state index in [1.807, 2.05) is 0 Å². The molecule has 2 aromatic heterocycles. The van der Waals surface area contributed by atoms with E-state index >= 15 is 0 Å². The maximum Gasteiger partial charge on any atom is 0.357 e. The van der Waals surface area contributed by atoms with Gasteiger partial charge in [0, 0.05) is 11.8 Å². The number of nitrogens with one attached hydrogen (secondary N) is 1. The summed E-state index contributed by atoms with van der Waals surface area (Å²) in [5.74, 6) is -0.459. The van der Waals surface area contributed by atoms with E-state index in [1.165, 1.54) is 18.3 Å². The molecule has 0 atom stereocenters. The van der Waals surface area contributed by atoms with Crippen LogP contribution >= 0.6 is 0 Å². The van der Waals surface area contributed by atoms with Crippen LogP contribution in [0, 0.1) is 5.82 Å². The zero-order valence-corrected chi connectivity index (χ0v) is 6.45. The van der Waals surface area contributed by atoms with Gasteiger partial charge in [-0.05, 0) is 6.07 Å². The third-order valence-electron chi connectivity index (χ3n) is 1.54. The zero-order valence-electron chi connectivity index (χ0n) is 6.45. The molecule has 13 heavy (non-hydrogen) atoms. The van der Waals surface area contributed by atoms with E-state index in [2.05, 4.69) is 14.7 Å². The maximum absolute atomic E-state index is 12.7. The van der Waals surface area contributed by atoms with Crippen molar-refractivity contribution in [2.24, 2.45) is 0 Å². The number of halogens is 1. The molecule has 5 heteroatoms. The molecule has 0 saturated carbocycles. The summed E-state index contributed by atoms with van der Waals surface area (Å²) in [5.41, 5.74) is 0.391. The molecule has 2 aromatic rings. The largest absolute Gasteiger partial charge is 0.357 e. The van der Waals surface area contributed by atoms with Gasteiger partial charge in [-0.25, -0.2) is 14.3 Å². The molecule has 0 radical (unpaired) electrons. The molecule has 2 rings (SSSR count). The highest BCUT2D eigenvalue weighted by Crippen LogP contribution is 2.14. The van der Waals surface area contributed by atoms with Gasteiger partial charge in [0.05, 0.1) is 18.0 Å². The molecular formula is C8H5FN2O2. The summed E-state index contributed by atoms with van der Waals surface area (Å²) in [4.78, 5) is 14.3. The molecule has 0 fully saturated rings. The summed E-state index contributed by atoms with van der Waals surface area (Å²) < 4.78 is 17.1.